The molecule has 0 amide bonds. The smallest absolute Gasteiger partial charge is 0.137 e. The van der Waals surface area contributed by atoms with E-state index in [-0.39, 0.29) is 6.61 Å². The van der Waals surface area contributed by atoms with Crippen LogP contribution in [0.4, 0.5) is 0 Å². The van der Waals surface area contributed by atoms with E-state index in [0.29, 0.717) is 18.1 Å². The second kappa shape index (κ2) is 5.89. The van der Waals surface area contributed by atoms with E-state index in [1.54, 1.807) is 0 Å². The normalized spacial score (nSPS) is 10.2. The lowest BCUT2D eigenvalue weighted by atomic mass is 10.1. The van der Waals surface area contributed by atoms with Crippen LogP contribution in [0.2, 0.25) is 5.02 Å². The molecule has 0 radical (unpaired) electrons. The predicted molar refractivity (Wildman–Crippen MR) is 58.0 cm³/mol. The zero-order chi connectivity index (χ0) is 10.4. The van der Waals surface area contributed by atoms with Crippen LogP contribution in [-0.4, -0.2) is 18.3 Å². The van der Waals surface area contributed by atoms with E-state index < -0.39 is 0 Å². The fraction of sp³-hybridized carbons (Fsp3) is 0.455. The van der Waals surface area contributed by atoms with Gasteiger partial charge in [-0.15, -0.1) is 0 Å². The van der Waals surface area contributed by atoms with Crippen LogP contribution in [0.25, 0.3) is 0 Å². The Morgan fingerprint density at radius 1 is 1.43 bits per heavy atom. The summed E-state index contributed by atoms with van der Waals surface area (Å²) in [5.41, 5.74) is 1.03. The van der Waals surface area contributed by atoms with Gasteiger partial charge in [0.05, 0.1) is 11.6 Å². The van der Waals surface area contributed by atoms with E-state index in [9.17, 15) is 0 Å². The summed E-state index contributed by atoms with van der Waals surface area (Å²) in [5, 5.41) is 9.36. The Morgan fingerprint density at radius 3 is 2.79 bits per heavy atom. The zero-order valence-electron chi connectivity index (χ0n) is 8.29. The van der Waals surface area contributed by atoms with Gasteiger partial charge < -0.3 is 9.84 Å². The number of ether oxygens (including phenoxy) is 1. The third-order valence-corrected chi connectivity index (χ3v) is 2.15. The van der Waals surface area contributed by atoms with Crippen molar-refractivity contribution in [2.45, 2.75) is 19.8 Å². The Bertz CT molecular complexity index is 287. The maximum absolute atomic E-state index is 8.75. The molecule has 1 aromatic carbocycles. The molecule has 0 atom stereocenters. The summed E-state index contributed by atoms with van der Waals surface area (Å²) < 4.78 is 5.42. The fourth-order valence-electron chi connectivity index (χ4n) is 1.16. The van der Waals surface area contributed by atoms with Crippen molar-refractivity contribution in [3.8, 4) is 5.75 Å². The first kappa shape index (κ1) is 11.3. The minimum absolute atomic E-state index is 0.144. The number of aliphatic hydroxyl groups is 1. The van der Waals surface area contributed by atoms with Crippen LogP contribution < -0.4 is 4.74 Å². The van der Waals surface area contributed by atoms with Crippen LogP contribution in [0.3, 0.4) is 0 Å². The third kappa shape index (κ3) is 3.20. The largest absolute Gasteiger partial charge is 0.492 e. The van der Waals surface area contributed by atoms with Crippen LogP contribution in [0.1, 0.15) is 18.9 Å². The number of hydrogen-bond acceptors (Lipinski definition) is 2. The van der Waals surface area contributed by atoms with Crippen molar-refractivity contribution in [1.82, 2.24) is 0 Å². The minimum Gasteiger partial charge on any atom is -0.492 e. The van der Waals surface area contributed by atoms with Gasteiger partial charge in [-0.2, -0.15) is 0 Å². The van der Waals surface area contributed by atoms with E-state index in [1.165, 1.54) is 0 Å². The molecule has 1 N–H and O–H groups in total. The lowest BCUT2D eigenvalue weighted by molar-refractivity contribution is 0.299. The first-order valence-corrected chi connectivity index (χ1v) is 5.17. The third-order valence-electron chi connectivity index (χ3n) is 1.86. The number of halogens is 1. The van der Waals surface area contributed by atoms with Crippen molar-refractivity contribution in [3.63, 3.8) is 0 Å². The van der Waals surface area contributed by atoms with Crippen molar-refractivity contribution < 1.29 is 9.84 Å². The Balaban J connectivity index is 2.68. The number of aliphatic hydroxyl groups excluding tert-OH is 1. The summed E-state index contributed by atoms with van der Waals surface area (Å²) in [5.74, 6) is 0.718. The fourth-order valence-corrected chi connectivity index (χ4v) is 1.42. The Morgan fingerprint density at radius 2 is 2.21 bits per heavy atom. The van der Waals surface area contributed by atoms with Gasteiger partial charge in [0, 0.05) is 6.61 Å². The highest BCUT2D eigenvalue weighted by Crippen LogP contribution is 2.25. The Hall–Kier alpha value is -0.730. The molecule has 0 aliphatic carbocycles. The van der Waals surface area contributed by atoms with E-state index in [0.717, 1.165) is 17.7 Å². The molecule has 0 aromatic heterocycles. The van der Waals surface area contributed by atoms with E-state index >= 15 is 0 Å². The number of rotatable bonds is 5. The van der Waals surface area contributed by atoms with Crippen molar-refractivity contribution in [2.75, 3.05) is 13.2 Å². The topological polar surface area (TPSA) is 29.5 Å². The van der Waals surface area contributed by atoms with Crippen molar-refractivity contribution in [3.05, 3.63) is 28.8 Å². The maximum Gasteiger partial charge on any atom is 0.137 e. The zero-order valence-corrected chi connectivity index (χ0v) is 9.05. The quantitative estimate of drug-likeness (QED) is 0.817. The van der Waals surface area contributed by atoms with Crippen LogP contribution >= 0.6 is 11.6 Å². The second-order valence-electron chi connectivity index (χ2n) is 3.09. The van der Waals surface area contributed by atoms with Crippen LogP contribution in [0, 0.1) is 0 Å². The molecular formula is C11H15ClO2. The Labute approximate surface area is 89.5 Å². The van der Waals surface area contributed by atoms with Crippen LogP contribution in [0.5, 0.6) is 5.75 Å². The van der Waals surface area contributed by atoms with Crippen LogP contribution in [0.15, 0.2) is 18.2 Å². The summed E-state index contributed by atoms with van der Waals surface area (Å²) in [6, 6.07) is 5.61. The molecule has 0 saturated heterocycles. The average molecular weight is 215 g/mol. The molecule has 78 valence electrons. The van der Waals surface area contributed by atoms with E-state index in [2.05, 4.69) is 0 Å². The second-order valence-corrected chi connectivity index (χ2v) is 3.49. The van der Waals surface area contributed by atoms with Gasteiger partial charge >= 0.3 is 0 Å². The number of hydrogen-bond donors (Lipinski definition) is 1. The standard InChI is InChI=1S/C11H15ClO2/c1-2-7-14-11-4-3-9(5-6-13)8-10(11)12/h3-4,8,13H,2,5-7H2,1H3. The molecule has 0 aliphatic heterocycles. The highest BCUT2D eigenvalue weighted by atomic mass is 35.5. The summed E-state index contributed by atoms with van der Waals surface area (Å²) >= 11 is 5.99. The van der Waals surface area contributed by atoms with E-state index in [4.69, 9.17) is 21.4 Å². The maximum atomic E-state index is 8.75. The lowest BCUT2D eigenvalue weighted by Crippen LogP contribution is -1.97. The molecule has 0 unspecified atom stereocenters. The van der Waals surface area contributed by atoms with Gasteiger partial charge in [-0.05, 0) is 30.5 Å². The molecule has 3 heteroatoms. The minimum atomic E-state index is 0.144. The van der Waals surface area contributed by atoms with Crippen LogP contribution in [-0.2, 0) is 6.42 Å². The SMILES string of the molecule is CCCOc1ccc(CCO)cc1Cl. The molecular weight excluding hydrogens is 200 g/mol. The van der Waals surface area contributed by atoms with Gasteiger partial charge in [0.25, 0.3) is 0 Å². The lowest BCUT2D eigenvalue weighted by Gasteiger charge is -2.07. The highest BCUT2D eigenvalue weighted by molar-refractivity contribution is 6.32. The monoisotopic (exact) mass is 214 g/mol. The number of benzene rings is 1. The molecule has 0 aliphatic rings. The van der Waals surface area contributed by atoms with Gasteiger partial charge in [-0.25, -0.2) is 0 Å². The first-order chi connectivity index (χ1) is 6.77. The summed E-state index contributed by atoms with van der Waals surface area (Å²) in [4.78, 5) is 0. The molecule has 0 heterocycles. The van der Waals surface area contributed by atoms with Gasteiger partial charge in [-0.1, -0.05) is 24.6 Å². The van der Waals surface area contributed by atoms with Gasteiger partial charge in [-0.3, -0.25) is 0 Å². The van der Waals surface area contributed by atoms with Gasteiger partial charge in [0.2, 0.25) is 0 Å². The molecule has 14 heavy (non-hydrogen) atoms. The Kier molecular flexibility index (Phi) is 4.77. The van der Waals surface area contributed by atoms with Crippen molar-refractivity contribution in [1.29, 1.82) is 0 Å². The molecule has 0 spiro atoms. The van der Waals surface area contributed by atoms with Gasteiger partial charge in [0.1, 0.15) is 5.75 Å². The predicted octanol–water partition coefficient (Wildman–Crippen LogP) is 2.66. The van der Waals surface area contributed by atoms with Gasteiger partial charge in [0.15, 0.2) is 0 Å². The summed E-state index contributed by atoms with van der Waals surface area (Å²) in [6.45, 7) is 2.87. The average Bonchev–Trinajstić information content (AvgIpc) is 2.17. The highest BCUT2D eigenvalue weighted by Gasteiger charge is 2.02. The molecule has 2 nitrogen and oxygen atoms in total. The molecule has 1 aromatic rings. The van der Waals surface area contributed by atoms with E-state index in [1.807, 2.05) is 25.1 Å². The van der Waals surface area contributed by atoms with Crippen molar-refractivity contribution >= 4 is 11.6 Å². The van der Waals surface area contributed by atoms with Crippen molar-refractivity contribution in [2.24, 2.45) is 0 Å². The molecule has 1 rings (SSSR count). The molecule has 0 saturated carbocycles. The molecule has 0 fully saturated rings. The summed E-state index contributed by atoms with van der Waals surface area (Å²) in [6.07, 6.45) is 1.60. The summed E-state index contributed by atoms with van der Waals surface area (Å²) in [7, 11) is 0. The molecule has 0 bridgehead atoms. The first-order valence-electron chi connectivity index (χ1n) is 4.80.